The van der Waals surface area contributed by atoms with Gasteiger partial charge in [0.15, 0.2) is 0 Å². The van der Waals surface area contributed by atoms with Crippen molar-refractivity contribution in [1.29, 1.82) is 0 Å². The molecule has 3 aromatic rings. The zero-order valence-corrected chi connectivity index (χ0v) is 25.8. The van der Waals surface area contributed by atoms with Gasteiger partial charge in [0, 0.05) is 12.6 Å². The van der Waals surface area contributed by atoms with Crippen molar-refractivity contribution in [2.45, 2.75) is 68.6 Å². The van der Waals surface area contributed by atoms with Gasteiger partial charge in [-0.05, 0) is 62.1 Å². The fourth-order valence-electron chi connectivity index (χ4n) is 5.25. The molecule has 0 spiro atoms. The molecule has 0 aliphatic heterocycles. The Kier molecular flexibility index (Phi) is 11.0. The molecule has 3 aromatic carbocycles. The molecular formula is C32H35ClF3N3O4S. The molecule has 0 bridgehead atoms. The van der Waals surface area contributed by atoms with E-state index in [1.54, 1.807) is 13.0 Å². The van der Waals surface area contributed by atoms with Crippen LogP contribution in [0.5, 0.6) is 0 Å². The van der Waals surface area contributed by atoms with Crippen LogP contribution >= 0.6 is 11.6 Å². The normalized spacial score (nSPS) is 14.9. The van der Waals surface area contributed by atoms with Crippen molar-refractivity contribution in [3.63, 3.8) is 0 Å². The largest absolute Gasteiger partial charge is 0.416 e. The van der Waals surface area contributed by atoms with Crippen LogP contribution in [0.1, 0.15) is 50.2 Å². The Hall–Kier alpha value is -3.57. The second kappa shape index (κ2) is 14.5. The van der Waals surface area contributed by atoms with Gasteiger partial charge in [0.1, 0.15) is 12.6 Å². The smallest absolute Gasteiger partial charge is 0.352 e. The van der Waals surface area contributed by atoms with Crippen molar-refractivity contribution in [3.8, 4) is 0 Å². The van der Waals surface area contributed by atoms with E-state index in [2.05, 4.69) is 5.32 Å². The summed E-state index contributed by atoms with van der Waals surface area (Å²) in [6.45, 7) is 0.750. The van der Waals surface area contributed by atoms with Crippen LogP contribution in [0.3, 0.4) is 0 Å². The highest BCUT2D eigenvalue weighted by Gasteiger charge is 2.36. The van der Waals surface area contributed by atoms with Crippen molar-refractivity contribution in [2.75, 3.05) is 17.4 Å². The number of rotatable bonds is 11. The van der Waals surface area contributed by atoms with Crippen molar-refractivity contribution < 1.29 is 31.2 Å². The Labute approximate surface area is 261 Å². The highest BCUT2D eigenvalue weighted by Crippen LogP contribution is 2.37. The molecule has 1 aliphatic carbocycles. The van der Waals surface area contributed by atoms with Gasteiger partial charge in [-0.2, -0.15) is 13.2 Å². The van der Waals surface area contributed by atoms with E-state index in [9.17, 15) is 31.2 Å². The van der Waals surface area contributed by atoms with Gasteiger partial charge >= 0.3 is 6.18 Å². The standard InChI is InChI=1S/C32H35ClF3N3O4S/c1-23(31(41)37-26-13-7-3-8-14-26)38(20-19-24-11-5-2-6-12-24)30(40)22-39(44(42,43)27-15-9-4-10-16-27)29-21-25(32(34,35)36)17-18-28(29)33/h2,4-6,9-12,15-18,21,23,26H,3,7-8,13-14,19-20,22H2,1H3,(H,37,41). The summed E-state index contributed by atoms with van der Waals surface area (Å²) in [7, 11) is -4.57. The zero-order chi connectivity index (χ0) is 31.9. The molecule has 0 aromatic heterocycles. The topological polar surface area (TPSA) is 86.8 Å². The van der Waals surface area contributed by atoms with E-state index in [4.69, 9.17) is 11.6 Å². The fourth-order valence-corrected chi connectivity index (χ4v) is 6.97. The molecule has 236 valence electrons. The average molecular weight is 650 g/mol. The second-order valence-corrected chi connectivity index (χ2v) is 13.1. The first-order valence-electron chi connectivity index (χ1n) is 14.5. The maximum Gasteiger partial charge on any atom is 0.416 e. The van der Waals surface area contributed by atoms with Crippen LogP contribution in [0.25, 0.3) is 0 Å². The lowest BCUT2D eigenvalue weighted by Gasteiger charge is -2.33. The molecule has 1 fully saturated rings. The van der Waals surface area contributed by atoms with E-state index < -0.39 is 45.9 Å². The molecular weight excluding hydrogens is 615 g/mol. The first-order chi connectivity index (χ1) is 20.9. The number of carbonyl (C=O) groups excluding carboxylic acids is 2. The van der Waals surface area contributed by atoms with Gasteiger partial charge in [0.05, 0.1) is 21.2 Å². The highest BCUT2D eigenvalue weighted by atomic mass is 35.5. The highest BCUT2D eigenvalue weighted by molar-refractivity contribution is 7.92. The van der Waals surface area contributed by atoms with Crippen LogP contribution in [-0.4, -0.2) is 50.3 Å². The van der Waals surface area contributed by atoms with Gasteiger partial charge in [-0.1, -0.05) is 79.4 Å². The second-order valence-electron chi connectivity index (χ2n) is 10.8. The minimum Gasteiger partial charge on any atom is -0.352 e. The lowest BCUT2D eigenvalue weighted by Crippen LogP contribution is -2.53. The number of benzene rings is 3. The van der Waals surface area contributed by atoms with Crippen molar-refractivity contribution in [2.24, 2.45) is 0 Å². The summed E-state index contributed by atoms with van der Waals surface area (Å²) in [5, 5.41) is 2.73. The number of halogens is 4. The number of hydrogen-bond acceptors (Lipinski definition) is 4. The number of amides is 2. The molecule has 1 saturated carbocycles. The Balaban J connectivity index is 1.71. The number of hydrogen-bond donors (Lipinski definition) is 1. The van der Waals surface area contributed by atoms with E-state index in [1.165, 1.54) is 29.2 Å². The molecule has 4 rings (SSSR count). The summed E-state index contributed by atoms with van der Waals surface area (Å²) in [6, 6.07) is 17.6. The number of anilines is 1. The number of sulfonamides is 1. The average Bonchev–Trinajstić information content (AvgIpc) is 3.01. The summed E-state index contributed by atoms with van der Waals surface area (Å²) in [5.74, 6) is -1.15. The summed E-state index contributed by atoms with van der Waals surface area (Å²) in [6.07, 6.45) is 0.289. The van der Waals surface area contributed by atoms with Gasteiger partial charge in [-0.3, -0.25) is 13.9 Å². The third-order valence-corrected chi connectivity index (χ3v) is 9.85. The Morgan fingerprint density at radius 2 is 1.57 bits per heavy atom. The molecule has 0 saturated heterocycles. The Bertz CT molecular complexity index is 1530. The van der Waals surface area contributed by atoms with E-state index in [1.807, 2.05) is 30.3 Å². The Morgan fingerprint density at radius 1 is 0.955 bits per heavy atom. The third kappa shape index (κ3) is 8.32. The maximum atomic E-state index is 14.0. The predicted octanol–water partition coefficient (Wildman–Crippen LogP) is 6.46. The molecule has 12 heteroatoms. The molecule has 1 unspecified atom stereocenters. The van der Waals surface area contributed by atoms with Gasteiger partial charge in [0.25, 0.3) is 10.0 Å². The van der Waals surface area contributed by atoms with Crippen molar-refractivity contribution in [3.05, 3.63) is 95.0 Å². The maximum absolute atomic E-state index is 14.0. The van der Waals surface area contributed by atoms with Gasteiger partial charge in [0.2, 0.25) is 11.8 Å². The lowest BCUT2D eigenvalue weighted by molar-refractivity contribution is -0.139. The van der Waals surface area contributed by atoms with Crippen LogP contribution in [-0.2, 0) is 32.2 Å². The number of nitrogens with zero attached hydrogens (tertiary/aromatic N) is 2. The summed E-state index contributed by atoms with van der Waals surface area (Å²) < 4.78 is 69.4. The van der Waals surface area contributed by atoms with Gasteiger partial charge in [-0.15, -0.1) is 0 Å². The van der Waals surface area contributed by atoms with Gasteiger partial charge in [-0.25, -0.2) is 8.42 Å². The molecule has 0 radical (unpaired) electrons. The molecule has 7 nitrogen and oxygen atoms in total. The lowest BCUT2D eigenvalue weighted by atomic mass is 9.95. The minimum atomic E-state index is -4.79. The summed E-state index contributed by atoms with van der Waals surface area (Å²) in [4.78, 5) is 28.4. The van der Waals surface area contributed by atoms with Gasteiger partial charge < -0.3 is 10.2 Å². The van der Waals surface area contributed by atoms with Crippen LogP contribution in [0.15, 0.2) is 83.8 Å². The zero-order valence-electron chi connectivity index (χ0n) is 24.3. The molecule has 0 heterocycles. The van der Waals surface area contributed by atoms with E-state index in [-0.39, 0.29) is 28.4 Å². The van der Waals surface area contributed by atoms with E-state index >= 15 is 0 Å². The first-order valence-corrected chi connectivity index (χ1v) is 16.3. The van der Waals surface area contributed by atoms with E-state index in [0.29, 0.717) is 16.8 Å². The molecule has 1 aliphatic rings. The quantitative estimate of drug-likeness (QED) is 0.258. The van der Waals surface area contributed by atoms with Crippen LogP contribution in [0.2, 0.25) is 5.02 Å². The van der Waals surface area contributed by atoms with Crippen molar-refractivity contribution in [1.82, 2.24) is 10.2 Å². The molecule has 1 N–H and O–H groups in total. The Morgan fingerprint density at radius 3 is 2.18 bits per heavy atom. The SMILES string of the molecule is CC(C(=O)NC1CCCCC1)N(CCc1ccccc1)C(=O)CN(c1cc(C(F)(F)F)ccc1Cl)S(=O)(=O)c1ccccc1. The molecule has 44 heavy (non-hydrogen) atoms. The van der Waals surface area contributed by atoms with Crippen LogP contribution in [0, 0.1) is 0 Å². The molecule has 2 amide bonds. The monoisotopic (exact) mass is 649 g/mol. The molecule has 1 atom stereocenters. The number of nitrogens with one attached hydrogen (secondary N) is 1. The first kappa shape index (κ1) is 33.3. The van der Waals surface area contributed by atoms with E-state index in [0.717, 1.165) is 49.8 Å². The predicted molar refractivity (Wildman–Crippen MR) is 164 cm³/mol. The fraction of sp³-hybridized carbons (Fsp3) is 0.375. The van der Waals surface area contributed by atoms with Crippen LogP contribution in [0.4, 0.5) is 18.9 Å². The number of carbonyl (C=O) groups is 2. The van der Waals surface area contributed by atoms with Crippen LogP contribution < -0.4 is 9.62 Å². The summed E-state index contributed by atoms with van der Waals surface area (Å²) >= 11 is 6.30. The third-order valence-electron chi connectivity index (χ3n) is 7.76. The summed E-state index contributed by atoms with van der Waals surface area (Å²) in [5.41, 5.74) is -0.736. The minimum absolute atomic E-state index is 0.0244. The van der Waals surface area contributed by atoms with Crippen molar-refractivity contribution >= 4 is 39.1 Å². The number of alkyl halides is 3.